The highest BCUT2D eigenvalue weighted by molar-refractivity contribution is 6.09. The third kappa shape index (κ3) is 3.45. The molecule has 1 aromatic carbocycles. The van der Waals surface area contributed by atoms with Crippen molar-refractivity contribution in [3.8, 4) is 22.8 Å². The number of ketones is 1. The van der Waals surface area contributed by atoms with Crippen molar-refractivity contribution in [1.82, 2.24) is 5.16 Å². The number of hydrogen-bond acceptors (Lipinski definition) is 10. The molecule has 0 N–H and O–H groups in total. The summed E-state index contributed by atoms with van der Waals surface area (Å²) in [7, 11) is 7.34. The minimum Gasteiger partial charge on any atom is -0.497 e. The van der Waals surface area contributed by atoms with Crippen LogP contribution in [0.15, 0.2) is 28.5 Å². The topological polar surface area (TPSA) is 108 Å². The van der Waals surface area contributed by atoms with Crippen LogP contribution in [0.25, 0.3) is 11.3 Å². The molecule has 4 rings (SSSR count). The number of aromatic nitrogens is 1. The van der Waals surface area contributed by atoms with Crippen molar-refractivity contribution in [1.29, 1.82) is 0 Å². The molecule has 1 aromatic heterocycles. The standard InChI is InChI=1S/C22H25NO9/c1-25-12-9-13(21-30-7-6-8-31-21)16(14(10-12)26-2)18-17-20(32-23-18)19(24)15(27-3)11-22(17,28-4)29-5/h9-11,21H,6-8H2,1-5H3. The molecule has 172 valence electrons. The van der Waals surface area contributed by atoms with Crippen molar-refractivity contribution < 1.29 is 42.5 Å². The molecule has 0 bridgehead atoms. The van der Waals surface area contributed by atoms with E-state index in [1.807, 2.05) is 0 Å². The zero-order valence-corrected chi connectivity index (χ0v) is 18.6. The number of ether oxygens (including phenoxy) is 7. The Morgan fingerprint density at radius 3 is 2.31 bits per heavy atom. The Bertz CT molecular complexity index is 1030. The highest BCUT2D eigenvalue weighted by atomic mass is 16.7. The summed E-state index contributed by atoms with van der Waals surface area (Å²) >= 11 is 0. The average Bonchev–Trinajstić information content (AvgIpc) is 3.30. The second kappa shape index (κ2) is 8.91. The van der Waals surface area contributed by atoms with Crippen molar-refractivity contribution in [2.75, 3.05) is 48.8 Å². The Labute approximate surface area is 184 Å². The maximum absolute atomic E-state index is 12.9. The van der Waals surface area contributed by atoms with Crippen molar-refractivity contribution in [3.05, 3.63) is 40.9 Å². The van der Waals surface area contributed by atoms with Crippen LogP contribution in [0, 0.1) is 0 Å². The van der Waals surface area contributed by atoms with E-state index in [9.17, 15) is 4.79 Å². The summed E-state index contributed by atoms with van der Waals surface area (Å²) in [4.78, 5) is 12.9. The predicted molar refractivity (Wildman–Crippen MR) is 109 cm³/mol. The van der Waals surface area contributed by atoms with Gasteiger partial charge in [0.15, 0.2) is 12.0 Å². The molecule has 32 heavy (non-hydrogen) atoms. The lowest BCUT2D eigenvalue weighted by Gasteiger charge is -2.32. The van der Waals surface area contributed by atoms with Gasteiger partial charge in [0.1, 0.15) is 17.2 Å². The first-order valence-corrected chi connectivity index (χ1v) is 9.95. The van der Waals surface area contributed by atoms with Gasteiger partial charge in [-0.05, 0) is 12.5 Å². The lowest BCUT2D eigenvalue weighted by Crippen LogP contribution is -2.35. The van der Waals surface area contributed by atoms with E-state index < -0.39 is 17.9 Å². The molecule has 10 nitrogen and oxygen atoms in total. The molecule has 0 radical (unpaired) electrons. The summed E-state index contributed by atoms with van der Waals surface area (Å²) in [6.07, 6.45) is 1.53. The van der Waals surface area contributed by atoms with E-state index in [0.29, 0.717) is 35.8 Å². The number of allylic oxidation sites excluding steroid dienone is 1. The van der Waals surface area contributed by atoms with E-state index in [1.54, 1.807) is 19.2 Å². The highest BCUT2D eigenvalue weighted by Crippen LogP contribution is 2.48. The molecule has 0 saturated carbocycles. The van der Waals surface area contributed by atoms with Crippen LogP contribution in [0.4, 0.5) is 0 Å². The lowest BCUT2D eigenvalue weighted by atomic mass is 9.89. The first-order valence-electron chi connectivity index (χ1n) is 9.95. The molecular formula is C22H25NO9. The van der Waals surface area contributed by atoms with Crippen LogP contribution in [-0.2, 0) is 29.5 Å². The molecule has 2 heterocycles. The van der Waals surface area contributed by atoms with Gasteiger partial charge in [-0.25, -0.2) is 0 Å². The molecule has 1 aliphatic carbocycles. The molecule has 0 unspecified atom stereocenters. The Morgan fingerprint density at radius 2 is 1.72 bits per heavy atom. The van der Waals surface area contributed by atoms with E-state index in [4.69, 9.17) is 37.7 Å². The molecule has 1 saturated heterocycles. The number of Topliss-reactive ketones (excluding diaryl/α,β-unsaturated/α-hetero) is 1. The quantitative estimate of drug-likeness (QED) is 0.588. The van der Waals surface area contributed by atoms with Gasteiger partial charge in [-0.1, -0.05) is 5.16 Å². The number of nitrogens with zero attached hydrogens (tertiary/aromatic N) is 1. The number of hydrogen-bond donors (Lipinski definition) is 0. The smallest absolute Gasteiger partial charge is 0.265 e. The second-order valence-electron chi connectivity index (χ2n) is 7.07. The zero-order valence-electron chi connectivity index (χ0n) is 18.6. The maximum Gasteiger partial charge on any atom is 0.265 e. The number of rotatable bonds is 7. The van der Waals surface area contributed by atoms with Crippen LogP contribution < -0.4 is 9.47 Å². The number of carbonyl (C=O) groups is 1. The van der Waals surface area contributed by atoms with Gasteiger partial charge < -0.3 is 37.7 Å². The van der Waals surface area contributed by atoms with Gasteiger partial charge in [0.25, 0.3) is 5.78 Å². The molecule has 10 heteroatoms. The summed E-state index contributed by atoms with van der Waals surface area (Å²) in [6, 6.07) is 3.47. The number of methoxy groups -OCH3 is 5. The van der Waals surface area contributed by atoms with E-state index >= 15 is 0 Å². The van der Waals surface area contributed by atoms with Crippen LogP contribution >= 0.6 is 0 Å². The van der Waals surface area contributed by atoms with Gasteiger partial charge in [-0.15, -0.1) is 0 Å². The molecule has 2 aromatic rings. The monoisotopic (exact) mass is 447 g/mol. The van der Waals surface area contributed by atoms with E-state index in [2.05, 4.69) is 5.16 Å². The number of fused-ring (bicyclic) bond motifs is 1. The molecular weight excluding hydrogens is 422 g/mol. The predicted octanol–water partition coefficient (Wildman–Crippen LogP) is 2.97. The van der Waals surface area contributed by atoms with Crippen LogP contribution in [0.2, 0.25) is 0 Å². The summed E-state index contributed by atoms with van der Waals surface area (Å²) in [5, 5.41) is 4.22. The van der Waals surface area contributed by atoms with E-state index in [-0.39, 0.29) is 22.8 Å². The van der Waals surface area contributed by atoms with Gasteiger partial charge in [0.05, 0.1) is 45.7 Å². The average molecular weight is 447 g/mol. The Hall–Kier alpha value is -2.92. The van der Waals surface area contributed by atoms with Gasteiger partial charge in [-0.3, -0.25) is 4.79 Å². The van der Waals surface area contributed by atoms with Crippen molar-refractivity contribution in [3.63, 3.8) is 0 Å². The molecule has 0 atom stereocenters. The van der Waals surface area contributed by atoms with Crippen LogP contribution in [-0.4, -0.2) is 59.7 Å². The van der Waals surface area contributed by atoms with E-state index in [0.717, 1.165) is 6.42 Å². The minimum atomic E-state index is -1.49. The first kappa shape index (κ1) is 22.3. The molecule has 1 fully saturated rings. The fourth-order valence-corrected chi connectivity index (χ4v) is 3.91. The fraction of sp³-hybridized carbons (Fsp3) is 0.455. The number of carbonyl (C=O) groups excluding carboxylic acids is 1. The van der Waals surface area contributed by atoms with Gasteiger partial charge in [0, 0.05) is 31.9 Å². The molecule has 0 amide bonds. The normalized spacial score (nSPS) is 18.2. The molecule has 1 aliphatic heterocycles. The van der Waals surface area contributed by atoms with Crippen molar-refractivity contribution >= 4 is 5.78 Å². The molecule has 2 aliphatic rings. The van der Waals surface area contributed by atoms with E-state index in [1.165, 1.54) is 34.5 Å². The lowest BCUT2D eigenvalue weighted by molar-refractivity contribution is -0.183. The van der Waals surface area contributed by atoms with Gasteiger partial charge in [0.2, 0.25) is 11.5 Å². The summed E-state index contributed by atoms with van der Waals surface area (Å²) in [5.74, 6) is -1.05. The summed E-state index contributed by atoms with van der Waals surface area (Å²) < 4.78 is 44.9. The SMILES string of the molecule is COC1=CC(OC)(OC)c2c(-c3c(OC)cc(OC)cc3C3OCCCO3)noc2C1=O. The second-order valence-corrected chi connectivity index (χ2v) is 7.07. The third-order valence-corrected chi connectivity index (χ3v) is 5.50. The largest absolute Gasteiger partial charge is 0.497 e. The van der Waals surface area contributed by atoms with Crippen LogP contribution in [0.1, 0.15) is 34.4 Å². The first-order chi connectivity index (χ1) is 15.5. The zero-order chi connectivity index (χ0) is 22.9. The van der Waals surface area contributed by atoms with Gasteiger partial charge >= 0.3 is 0 Å². The summed E-state index contributed by atoms with van der Waals surface area (Å²) in [6.45, 7) is 1.05. The van der Waals surface area contributed by atoms with Crippen molar-refractivity contribution in [2.45, 2.75) is 18.5 Å². The Kier molecular flexibility index (Phi) is 6.20. The van der Waals surface area contributed by atoms with Crippen molar-refractivity contribution in [2.24, 2.45) is 0 Å². The Morgan fingerprint density at radius 1 is 1.00 bits per heavy atom. The van der Waals surface area contributed by atoms with Crippen LogP contribution in [0.3, 0.4) is 0 Å². The minimum absolute atomic E-state index is 0.0183. The third-order valence-electron chi connectivity index (χ3n) is 5.50. The van der Waals surface area contributed by atoms with Crippen LogP contribution in [0.5, 0.6) is 11.5 Å². The fourth-order valence-electron chi connectivity index (χ4n) is 3.91. The number of benzene rings is 1. The maximum atomic E-state index is 12.9. The summed E-state index contributed by atoms with van der Waals surface area (Å²) in [5.41, 5.74) is 1.68. The Balaban J connectivity index is 2.00. The highest BCUT2D eigenvalue weighted by Gasteiger charge is 2.48. The molecule has 0 spiro atoms. The van der Waals surface area contributed by atoms with Gasteiger partial charge in [-0.2, -0.15) is 0 Å².